The highest BCUT2D eigenvalue weighted by molar-refractivity contribution is 9.10. The highest BCUT2D eigenvalue weighted by Gasteiger charge is 2.15. The van der Waals surface area contributed by atoms with Gasteiger partial charge in [-0.1, -0.05) is 34.1 Å². The van der Waals surface area contributed by atoms with E-state index in [0.29, 0.717) is 22.8 Å². The van der Waals surface area contributed by atoms with E-state index in [0.717, 1.165) is 4.47 Å². The average Bonchev–Trinajstić information content (AvgIpc) is 2.92. The van der Waals surface area contributed by atoms with Crippen LogP contribution in [0.5, 0.6) is 17.2 Å². The van der Waals surface area contributed by atoms with Crippen LogP contribution in [0.3, 0.4) is 0 Å². The van der Waals surface area contributed by atoms with Crippen LogP contribution in [0.4, 0.5) is 0 Å². The van der Waals surface area contributed by atoms with E-state index in [1.54, 1.807) is 24.3 Å². The van der Waals surface area contributed by atoms with Crippen LogP contribution >= 0.6 is 15.9 Å². The standard InChI is InChI=1S/C15H11BrO4/c16-12-4-2-1-3-11(12)13(17)8-18-10-5-6-14-15(7-10)20-9-19-14/h1-7H,8-9H2. The maximum Gasteiger partial charge on any atom is 0.231 e. The maximum atomic E-state index is 12.1. The van der Waals surface area contributed by atoms with Gasteiger partial charge in [-0.15, -0.1) is 0 Å². The number of ketones is 1. The highest BCUT2D eigenvalue weighted by atomic mass is 79.9. The van der Waals surface area contributed by atoms with Gasteiger partial charge in [0, 0.05) is 16.1 Å². The fraction of sp³-hybridized carbons (Fsp3) is 0.133. The molecule has 1 aliphatic rings. The summed E-state index contributed by atoms with van der Waals surface area (Å²) in [5.74, 6) is 1.81. The Morgan fingerprint density at radius 2 is 1.95 bits per heavy atom. The minimum Gasteiger partial charge on any atom is -0.485 e. The third-order valence-corrected chi connectivity index (χ3v) is 3.58. The monoisotopic (exact) mass is 334 g/mol. The largest absolute Gasteiger partial charge is 0.485 e. The molecule has 0 atom stereocenters. The van der Waals surface area contributed by atoms with Gasteiger partial charge in [0.2, 0.25) is 12.6 Å². The van der Waals surface area contributed by atoms with Gasteiger partial charge in [-0.25, -0.2) is 0 Å². The molecule has 0 aromatic heterocycles. The van der Waals surface area contributed by atoms with Crippen molar-refractivity contribution in [3.8, 4) is 17.2 Å². The van der Waals surface area contributed by atoms with Crippen molar-refractivity contribution in [3.63, 3.8) is 0 Å². The summed E-state index contributed by atoms with van der Waals surface area (Å²) in [7, 11) is 0. The SMILES string of the molecule is O=C(COc1ccc2c(c1)OCO2)c1ccccc1Br. The van der Waals surface area contributed by atoms with Crippen LogP contribution < -0.4 is 14.2 Å². The van der Waals surface area contributed by atoms with Gasteiger partial charge < -0.3 is 14.2 Å². The number of carbonyl (C=O) groups is 1. The zero-order valence-corrected chi connectivity index (χ0v) is 12.1. The zero-order chi connectivity index (χ0) is 13.9. The lowest BCUT2D eigenvalue weighted by molar-refractivity contribution is 0.0920. The van der Waals surface area contributed by atoms with Crippen molar-refractivity contribution in [2.75, 3.05) is 13.4 Å². The fourth-order valence-corrected chi connectivity index (χ4v) is 2.39. The predicted octanol–water partition coefficient (Wildman–Crippen LogP) is 3.44. The van der Waals surface area contributed by atoms with Gasteiger partial charge in [-0.05, 0) is 18.2 Å². The smallest absolute Gasteiger partial charge is 0.231 e. The van der Waals surface area contributed by atoms with E-state index in [9.17, 15) is 4.79 Å². The number of Topliss-reactive ketones (excluding diaryl/α,β-unsaturated/α-hetero) is 1. The van der Waals surface area contributed by atoms with Gasteiger partial charge in [0.05, 0.1) is 0 Å². The van der Waals surface area contributed by atoms with Crippen LogP contribution in [0.25, 0.3) is 0 Å². The van der Waals surface area contributed by atoms with E-state index < -0.39 is 0 Å². The minimum absolute atomic E-state index is 0.0255. The Kier molecular flexibility index (Phi) is 3.60. The third kappa shape index (κ3) is 2.63. The number of rotatable bonds is 4. The zero-order valence-electron chi connectivity index (χ0n) is 10.5. The lowest BCUT2D eigenvalue weighted by atomic mass is 10.1. The molecule has 0 radical (unpaired) electrons. The van der Waals surface area contributed by atoms with E-state index in [-0.39, 0.29) is 19.2 Å². The van der Waals surface area contributed by atoms with E-state index in [4.69, 9.17) is 14.2 Å². The Morgan fingerprint density at radius 1 is 1.15 bits per heavy atom. The van der Waals surface area contributed by atoms with Crippen molar-refractivity contribution in [1.82, 2.24) is 0 Å². The van der Waals surface area contributed by atoms with E-state index in [2.05, 4.69) is 15.9 Å². The van der Waals surface area contributed by atoms with Crippen LogP contribution in [-0.4, -0.2) is 19.2 Å². The van der Waals surface area contributed by atoms with Gasteiger partial charge in [0.1, 0.15) is 5.75 Å². The van der Waals surface area contributed by atoms with E-state index in [1.807, 2.05) is 18.2 Å². The lowest BCUT2D eigenvalue weighted by Crippen LogP contribution is -2.12. The number of halogens is 1. The first kappa shape index (κ1) is 13.0. The first-order valence-corrected chi connectivity index (χ1v) is 6.83. The van der Waals surface area contributed by atoms with Gasteiger partial charge >= 0.3 is 0 Å². The molecule has 1 aliphatic heterocycles. The molecule has 0 amide bonds. The van der Waals surface area contributed by atoms with Crippen molar-refractivity contribution in [1.29, 1.82) is 0 Å². The molecular formula is C15H11BrO4. The first-order valence-electron chi connectivity index (χ1n) is 6.04. The summed E-state index contributed by atoms with van der Waals surface area (Å²) in [5.41, 5.74) is 0.605. The summed E-state index contributed by atoms with van der Waals surface area (Å²) in [6, 6.07) is 12.5. The summed E-state index contributed by atoms with van der Waals surface area (Å²) >= 11 is 3.35. The minimum atomic E-state index is -0.0878. The average molecular weight is 335 g/mol. The van der Waals surface area contributed by atoms with Gasteiger partial charge in [-0.3, -0.25) is 4.79 Å². The molecule has 2 aromatic rings. The molecule has 0 spiro atoms. The van der Waals surface area contributed by atoms with Crippen molar-refractivity contribution in [3.05, 3.63) is 52.5 Å². The normalized spacial score (nSPS) is 12.2. The topological polar surface area (TPSA) is 44.8 Å². The summed E-state index contributed by atoms with van der Waals surface area (Å²) in [5, 5.41) is 0. The van der Waals surface area contributed by atoms with E-state index >= 15 is 0 Å². The maximum absolute atomic E-state index is 12.1. The molecule has 102 valence electrons. The van der Waals surface area contributed by atoms with Gasteiger partial charge in [-0.2, -0.15) is 0 Å². The number of hydrogen-bond donors (Lipinski definition) is 0. The molecule has 5 heteroatoms. The summed E-state index contributed by atoms with van der Waals surface area (Å²) in [6.07, 6.45) is 0. The fourth-order valence-electron chi connectivity index (χ4n) is 1.88. The quantitative estimate of drug-likeness (QED) is 0.803. The molecule has 0 bridgehead atoms. The molecule has 1 heterocycles. The van der Waals surface area contributed by atoms with Crippen molar-refractivity contribution < 1.29 is 19.0 Å². The van der Waals surface area contributed by atoms with Gasteiger partial charge in [0.15, 0.2) is 18.1 Å². The van der Waals surface area contributed by atoms with Crippen LogP contribution in [0.1, 0.15) is 10.4 Å². The number of fused-ring (bicyclic) bond motifs is 1. The molecule has 4 nitrogen and oxygen atoms in total. The Labute approximate surface area is 124 Å². The van der Waals surface area contributed by atoms with Crippen molar-refractivity contribution in [2.24, 2.45) is 0 Å². The Bertz CT molecular complexity index is 654. The Morgan fingerprint density at radius 3 is 2.80 bits per heavy atom. The third-order valence-electron chi connectivity index (χ3n) is 2.89. The second-order valence-electron chi connectivity index (χ2n) is 4.21. The molecule has 0 saturated heterocycles. The second kappa shape index (κ2) is 5.54. The Hall–Kier alpha value is -2.01. The summed E-state index contributed by atoms with van der Waals surface area (Å²) in [6.45, 7) is 0.191. The molecular weight excluding hydrogens is 324 g/mol. The summed E-state index contributed by atoms with van der Waals surface area (Å²) < 4.78 is 16.7. The molecule has 0 N–H and O–H groups in total. The molecule has 3 rings (SSSR count). The molecule has 0 unspecified atom stereocenters. The highest BCUT2D eigenvalue weighted by Crippen LogP contribution is 2.35. The van der Waals surface area contributed by atoms with Crippen LogP contribution in [-0.2, 0) is 0 Å². The molecule has 2 aromatic carbocycles. The molecule has 20 heavy (non-hydrogen) atoms. The molecule has 0 fully saturated rings. The predicted molar refractivity (Wildman–Crippen MR) is 76.5 cm³/mol. The number of carbonyl (C=O) groups excluding carboxylic acids is 1. The van der Waals surface area contributed by atoms with Gasteiger partial charge in [0.25, 0.3) is 0 Å². The van der Waals surface area contributed by atoms with E-state index in [1.165, 1.54) is 0 Å². The van der Waals surface area contributed by atoms with Crippen LogP contribution in [0.15, 0.2) is 46.9 Å². The number of ether oxygens (including phenoxy) is 3. The Balaban J connectivity index is 1.68. The second-order valence-corrected chi connectivity index (χ2v) is 5.06. The van der Waals surface area contributed by atoms with Crippen LogP contribution in [0, 0.1) is 0 Å². The number of benzene rings is 2. The summed E-state index contributed by atoms with van der Waals surface area (Å²) in [4.78, 5) is 12.1. The first-order chi connectivity index (χ1) is 9.74. The van der Waals surface area contributed by atoms with Crippen molar-refractivity contribution >= 4 is 21.7 Å². The molecule has 0 saturated carbocycles. The van der Waals surface area contributed by atoms with Crippen molar-refractivity contribution in [2.45, 2.75) is 0 Å². The van der Waals surface area contributed by atoms with Crippen LogP contribution in [0.2, 0.25) is 0 Å². The molecule has 0 aliphatic carbocycles. The number of hydrogen-bond acceptors (Lipinski definition) is 4. The lowest BCUT2D eigenvalue weighted by Gasteiger charge is -2.07.